The van der Waals surface area contributed by atoms with Gasteiger partial charge in [-0.05, 0) is 31.9 Å². The van der Waals surface area contributed by atoms with E-state index in [0.717, 1.165) is 24.4 Å². The van der Waals surface area contributed by atoms with Crippen LogP contribution < -0.4 is 10.1 Å². The summed E-state index contributed by atoms with van der Waals surface area (Å²) in [4.78, 5) is 17.6. The lowest BCUT2D eigenvalue weighted by Crippen LogP contribution is -2.42. The third-order valence-electron chi connectivity index (χ3n) is 3.35. The molecule has 1 aromatic rings. The highest BCUT2D eigenvalue weighted by Crippen LogP contribution is 2.23. The number of carbonyl (C=O) groups excluding carboxylic acids is 1. The minimum Gasteiger partial charge on any atom is -0.493 e. The van der Waals surface area contributed by atoms with Gasteiger partial charge in [0, 0.05) is 25.3 Å². The molecule has 110 valence electrons. The van der Waals surface area contributed by atoms with Crippen molar-refractivity contribution in [1.82, 2.24) is 9.88 Å². The molecule has 1 saturated heterocycles. The number of likely N-dealkylation sites (tertiary alicyclic amines) is 1. The molecule has 2 rings (SSSR count). The van der Waals surface area contributed by atoms with Gasteiger partial charge in [-0.1, -0.05) is 0 Å². The molecule has 0 aromatic carbocycles. The summed E-state index contributed by atoms with van der Waals surface area (Å²) < 4.78 is 10.3. The lowest BCUT2D eigenvalue weighted by Gasteiger charge is -2.32. The van der Waals surface area contributed by atoms with Crippen molar-refractivity contribution in [2.75, 3.05) is 32.1 Å². The lowest BCUT2D eigenvalue weighted by atomic mass is 10.1. The normalized spacial score (nSPS) is 15.8. The summed E-state index contributed by atoms with van der Waals surface area (Å²) in [6.45, 7) is 3.64. The molecule has 0 aliphatic carbocycles. The van der Waals surface area contributed by atoms with Crippen molar-refractivity contribution in [1.29, 1.82) is 0 Å². The number of hydrogen-bond acceptors (Lipinski definition) is 5. The van der Waals surface area contributed by atoms with E-state index in [1.54, 1.807) is 18.2 Å². The number of hydrogen-bond donors (Lipinski definition) is 1. The summed E-state index contributed by atoms with van der Waals surface area (Å²) in [6.07, 6.45) is 3.26. The number of carbonyl (C=O) groups is 1. The van der Waals surface area contributed by atoms with E-state index >= 15 is 0 Å². The Morgan fingerprint density at radius 3 is 2.90 bits per heavy atom. The fourth-order valence-corrected chi connectivity index (χ4v) is 2.28. The zero-order valence-electron chi connectivity index (χ0n) is 12.0. The van der Waals surface area contributed by atoms with Gasteiger partial charge < -0.3 is 19.7 Å². The van der Waals surface area contributed by atoms with Crippen LogP contribution in [0.25, 0.3) is 0 Å². The minimum atomic E-state index is -0.221. The quantitative estimate of drug-likeness (QED) is 0.914. The predicted molar refractivity (Wildman–Crippen MR) is 76.0 cm³/mol. The fourth-order valence-electron chi connectivity index (χ4n) is 2.28. The molecule has 0 unspecified atom stereocenters. The molecule has 6 nitrogen and oxygen atoms in total. The Morgan fingerprint density at radius 2 is 2.25 bits per heavy atom. The number of nitrogens with zero attached hydrogens (tertiary/aromatic N) is 2. The number of anilines is 1. The third-order valence-corrected chi connectivity index (χ3v) is 3.35. The van der Waals surface area contributed by atoms with E-state index in [-0.39, 0.29) is 6.09 Å². The Morgan fingerprint density at radius 1 is 1.50 bits per heavy atom. The molecular formula is C14H21N3O3. The molecule has 1 amide bonds. The highest BCUT2D eigenvalue weighted by molar-refractivity contribution is 5.67. The molecule has 6 heteroatoms. The molecule has 1 aliphatic heterocycles. The maximum atomic E-state index is 11.6. The molecule has 0 atom stereocenters. The Kier molecular flexibility index (Phi) is 5.03. The summed E-state index contributed by atoms with van der Waals surface area (Å²) in [5, 5.41) is 3.38. The number of piperidine rings is 1. The van der Waals surface area contributed by atoms with E-state index in [1.165, 1.54) is 0 Å². The van der Waals surface area contributed by atoms with Crippen molar-refractivity contribution in [2.45, 2.75) is 25.8 Å². The highest BCUT2D eigenvalue weighted by atomic mass is 16.6. The van der Waals surface area contributed by atoms with Crippen LogP contribution in [0.4, 0.5) is 10.6 Å². The van der Waals surface area contributed by atoms with Gasteiger partial charge in [-0.3, -0.25) is 0 Å². The molecule has 1 fully saturated rings. The first-order valence-electron chi connectivity index (χ1n) is 6.91. The first-order chi connectivity index (χ1) is 9.74. The summed E-state index contributed by atoms with van der Waals surface area (Å²) in [7, 11) is 1.63. The maximum absolute atomic E-state index is 11.6. The first kappa shape index (κ1) is 14.4. The average Bonchev–Trinajstić information content (AvgIpc) is 2.49. The molecule has 1 aromatic heterocycles. The fraction of sp³-hybridized carbons (Fsp3) is 0.571. The second-order valence-corrected chi connectivity index (χ2v) is 4.66. The largest absolute Gasteiger partial charge is 0.493 e. The number of nitrogens with one attached hydrogen (secondary N) is 1. The van der Waals surface area contributed by atoms with Gasteiger partial charge in [0.1, 0.15) is 0 Å². The van der Waals surface area contributed by atoms with Crippen LogP contribution >= 0.6 is 0 Å². The summed E-state index contributed by atoms with van der Waals surface area (Å²) in [5.74, 6) is 1.49. The number of aromatic nitrogens is 1. The third kappa shape index (κ3) is 3.53. The molecular weight excluding hydrogens is 258 g/mol. The van der Waals surface area contributed by atoms with Gasteiger partial charge in [0.25, 0.3) is 0 Å². The van der Waals surface area contributed by atoms with Crippen molar-refractivity contribution in [3.8, 4) is 5.75 Å². The molecule has 0 saturated carbocycles. The maximum Gasteiger partial charge on any atom is 0.409 e. The van der Waals surface area contributed by atoms with Gasteiger partial charge in [-0.2, -0.15) is 0 Å². The van der Waals surface area contributed by atoms with Crippen LogP contribution in [0, 0.1) is 0 Å². The zero-order chi connectivity index (χ0) is 14.4. The van der Waals surface area contributed by atoms with E-state index in [9.17, 15) is 4.79 Å². The number of ether oxygens (including phenoxy) is 2. The Labute approximate surface area is 119 Å². The predicted octanol–water partition coefficient (Wildman–Crippen LogP) is 2.12. The molecule has 0 bridgehead atoms. The smallest absolute Gasteiger partial charge is 0.409 e. The standard InChI is InChI=1S/C14H21N3O3/c1-3-20-14(18)17-9-6-11(7-10-17)16-13-12(19-2)5-4-8-15-13/h4-5,8,11H,3,6-7,9-10H2,1-2H3,(H,15,16). The molecule has 2 heterocycles. The summed E-state index contributed by atoms with van der Waals surface area (Å²) in [6, 6.07) is 4.01. The Hall–Kier alpha value is -1.98. The van der Waals surface area contributed by atoms with Gasteiger partial charge >= 0.3 is 6.09 Å². The van der Waals surface area contributed by atoms with Gasteiger partial charge in [0.05, 0.1) is 13.7 Å². The SMILES string of the molecule is CCOC(=O)N1CCC(Nc2ncccc2OC)CC1. The minimum absolute atomic E-state index is 0.221. The lowest BCUT2D eigenvalue weighted by molar-refractivity contribution is 0.0983. The molecule has 20 heavy (non-hydrogen) atoms. The van der Waals surface area contributed by atoms with Gasteiger partial charge in [-0.25, -0.2) is 9.78 Å². The molecule has 1 N–H and O–H groups in total. The Bertz CT molecular complexity index is 445. The van der Waals surface area contributed by atoms with Gasteiger partial charge in [0.2, 0.25) is 0 Å². The van der Waals surface area contributed by atoms with Crippen molar-refractivity contribution >= 4 is 11.9 Å². The van der Waals surface area contributed by atoms with E-state index in [1.807, 2.05) is 19.1 Å². The summed E-state index contributed by atoms with van der Waals surface area (Å²) in [5.41, 5.74) is 0. The van der Waals surface area contributed by atoms with Crippen LogP contribution in [-0.4, -0.2) is 48.8 Å². The number of amides is 1. The number of pyridine rings is 1. The van der Waals surface area contributed by atoms with E-state index in [4.69, 9.17) is 9.47 Å². The number of rotatable bonds is 4. The second-order valence-electron chi connectivity index (χ2n) is 4.66. The van der Waals surface area contributed by atoms with Crippen LogP contribution in [0.1, 0.15) is 19.8 Å². The van der Waals surface area contributed by atoms with Crippen LogP contribution in [0.15, 0.2) is 18.3 Å². The van der Waals surface area contributed by atoms with Crippen molar-refractivity contribution < 1.29 is 14.3 Å². The van der Waals surface area contributed by atoms with Crippen molar-refractivity contribution in [3.05, 3.63) is 18.3 Å². The van der Waals surface area contributed by atoms with Crippen molar-refractivity contribution in [2.24, 2.45) is 0 Å². The molecule has 0 radical (unpaired) electrons. The zero-order valence-corrected chi connectivity index (χ0v) is 12.0. The Balaban J connectivity index is 1.87. The van der Waals surface area contributed by atoms with Crippen LogP contribution in [0.3, 0.4) is 0 Å². The van der Waals surface area contributed by atoms with Gasteiger partial charge in [-0.15, -0.1) is 0 Å². The van der Waals surface area contributed by atoms with E-state index < -0.39 is 0 Å². The summed E-state index contributed by atoms with van der Waals surface area (Å²) >= 11 is 0. The highest BCUT2D eigenvalue weighted by Gasteiger charge is 2.24. The van der Waals surface area contributed by atoms with Crippen LogP contribution in [0.2, 0.25) is 0 Å². The van der Waals surface area contributed by atoms with Crippen LogP contribution in [-0.2, 0) is 4.74 Å². The van der Waals surface area contributed by atoms with E-state index in [0.29, 0.717) is 25.7 Å². The van der Waals surface area contributed by atoms with Crippen LogP contribution in [0.5, 0.6) is 5.75 Å². The molecule has 1 aliphatic rings. The van der Waals surface area contributed by atoms with E-state index in [2.05, 4.69) is 10.3 Å². The first-order valence-corrected chi connectivity index (χ1v) is 6.91. The van der Waals surface area contributed by atoms with Gasteiger partial charge in [0.15, 0.2) is 11.6 Å². The molecule has 0 spiro atoms. The topological polar surface area (TPSA) is 63.7 Å². The second kappa shape index (κ2) is 6.98. The average molecular weight is 279 g/mol. The van der Waals surface area contributed by atoms with Crippen molar-refractivity contribution in [3.63, 3.8) is 0 Å². The monoisotopic (exact) mass is 279 g/mol. The number of methoxy groups -OCH3 is 1.